The van der Waals surface area contributed by atoms with Crippen molar-refractivity contribution in [3.05, 3.63) is 64.9 Å². The van der Waals surface area contributed by atoms with E-state index in [0.717, 1.165) is 11.1 Å². The molecule has 0 unspecified atom stereocenters. The lowest BCUT2D eigenvalue weighted by Crippen LogP contribution is -2.22. The van der Waals surface area contributed by atoms with Crippen LogP contribution >= 0.6 is 0 Å². The van der Waals surface area contributed by atoms with E-state index in [0.29, 0.717) is 23.3 Å². The first-order valence-electron chi connectivity index (χ1n) is 7.24. The molecule has 1 aromatic carbocycles. The summed E-state index contributed by atoms with van der Waals surface area (Å²) in [6.45, 7) is 3.68. The quantitative estimate of drug-likeness (QED) is 0.641. The van der Waals surface area contributed by atoms with Gasteiger partial charge in [0.05, 0.1) is 17.0 Å². The summed E-state index contributed by atoms with van der Waals surface area (Å²) in [5, 5.41) is 9.54. The van der Waals surface area contributed by atoms with E-state index in [2.05, 4.69) is 11.5 Å². The molecule has 0 heterocycles. The molecule has 1 N–H and O–H groups in total. The summed E-state index contributed by atoms with van der Waals surface area (Å²) in [6.07, 6.45) is 5.63. The van der Waals surface area contributed by atoms with Gasteiger partial charge in [-0.05, 0) is 30.5 Å². The summed E-state index contributed by atoms with van der Waals surface area (Å²) in [7, 11) is -3.63. The highest BCUT2D eigenvalue weighted by atomic mass is 32.2. The van der Waals surface area contributed by atoms with Crippen LogP contribution in [0.1, 0.15) is 24.5 Å². The number of aryl methyl sites for hydroxylation is 1. The first kappa shape index (κ1) is 17.0. The average molecular weight is 330 g/mol. The van der Waals surface area contributed by atoms with Crippen molar-refractivity contribution in [3.63, 3.8) is 0 Å². The summed E-state index contributed by atoms with van der Waals surface area (Å²) in [6, 6.07) is 9.74. The Labute approximate surface area is 136 Å². The summed E-state index contributed by atoms with van der Waals surface area (Å²) < 4.78 is 28.1. The largest absolute Gasteiger partial charge is 0.287 e. The molecule has 120 valence electrons. The molecule has 0 saturated heterocycles. The Bertz CT molecular complexity index is 828. The Morgan fingerprint density at radius 3 is 2.74 bits per heavy atom. The minimum atomic E-state index is -3.63. The molecular formula is C17H18N2O3S. The second-order valence-corrected chi connectivity index (χ2v) is 6.79. The van der Waals surface area contributed by atoms with Crippen LogP contribution in [0.2, 0.25) is 0 Å². The van der Waals surface area contributed by atoms with Crippen molar-refractivity contribution in [3.8, 4) is 6.07 Å². The Morgan fingerprint density at radius 1 is 1.35 bits per heavy atom. The molecule has 5 nitrogen and oxygen atoms in total. The molecule has 1 aliphatic rings. The van der Waals surface area contributed by atoms with Gasteiger partial charge >= 0.3 is 0 Å². The van der Waals surface area contributed by atoms with Crippen molar-refractivity contribution in [2.24, 2.45) is 0 Å². The number of nitriles is 1. The van der Waals surface area contributed by atoms with Crippen LogP contribution in [0.5, 0.6) is 0 Å². The molecule has 0 aliphatic heterocycles. The maximum atomic E-state index is 11.6. The lowest BCUT2D eigenvalue weighted by molar-refractivity contribution is 0.240. The van der Waals surface area contributed by atoms with E-state index in [1.165, 1.54) is 0 Å². The van der Waals surface area contributed by atoms with Gasteiger partial charge in [0.2, 0.25) is 0 Å². The van der Waals surface area contributed by atoms with Crippen LogP contribution < -0.4 is 5.48 Å². The predicted molar refractivity (Wildman–Crippen MR) is 89.2 cm³/mol. The molecule has 0 bridgehead atoms. The summed E-state index contributed by atoms with van der Waals surface area (Å²) in [5.41, 5.74) is 5.76. The van der Waals surface area contributed by atoms with Gasteiger partial charge in [0.25, 0.3) is 10.1 Å². The number of hydrogen-bond acceptors (Lipinski definition) is 5. The molecule has 0 aromatic heterocycles. The van der Waals surface area contributed by atoms with Gasteiger partial charge in [-0.1, -0.05) is 43.3 Å². The lowest BCUT2D eigenvalue weighted by atomic mass is 9.96. The number of hydrogen-bond donors (Lipinski definition) is 1. The van der Waals surface area contributed by atoms with Crippen LogP contribution in [0.15, 0.2) is 53.8 Å². The second-order valence-electron chi connectivity index (χ2n) is 5.10. The molecule has 0 atom stereocenters. The van der Waals surface area contributed by atoms with Gasteiger partial charge in [0.15, 0.2) is 0 Å². The monoisotopic (exact) mass is 330 g/mol. The Hall–Kier alpha value is -2.36. The van der Waals surface area contributed by atoms with Crippen LogP contribution in [0, 0.1) is 18.3 Å². The van der Waals surface area contributed by atoms with Gasteiger partial charge in [0, 0.05) is 5.57 Å². The minimum absolute atomic E-state index is 0.0668. The summed E-state index contributed by atoms with van der Waals surface area (Å²) in [4.78, 5) is 0. The third kappa shape index (κ3) is 4.09. The van der Waals surface area contributed by atoms with Gasteiger partial charge in [0.1, 0.15) is 6.07 Å². The Kier molecular flexibility index (Phi) is 5.37. The highest BCUT2D eigenvalue weighted by molar-refractivity contribution is 7.86. The van der Waals surface area contributed by atoms with E-state index in [1.54, 1.807) is 25.2 Å². The number of hydroxylamine groups is 1. The molecule has 0 saturated carbocycles. The molecule has 2 rings (SSSR count). The number of benzene rings is 1. The summed E-state index contributed by atoms with van der Waals surface area (Å²) in [5.74, 6) is -0.0668. The van der Waals surface area contributed by atoms with Crippen LogP contribution in [-0.2, 0) is 14.4 Å². The topological polar surface area (TPSA) is 79.2 Å². The zero-order valence-corrected chi connectivity index (χ0v) is 13.9. The van der Waals surface area contributed by atoms with E-state index in [9.17, 15) is 13.7 Å². The number of rotatable bonds is 6. The fourth-order valence-corrected chi connectivity index (χ4v) is 3.05. The number of allylic oxidation sites excluding steroid dienone is 4. The number of nitrogens with zero attached hydrogens (tertiary/aromatic N) is 1. The third-order valence-corrected chi connectivity index (χ3v) is 4.59. The van der Waals surface area contributed by atoms with E-state index < -0.39 is 10.1 Å². The first-order valence-corrected chi connectivity index (χ1v) is 8.82. The fraction of sp³-hybridized carbons (Fsp3) is 0.235. The van der Waals surface area contributed by atoms with Crippen LogP contribution in [0.25, 0.3) is 5.57 Å². The van der Waals surface area contributed by atoms with Crippen LogP contribution in [-0.4, -0.2) is 14.2 Å². The van der Waals surface area contributed by atoms with Gasteiger partial charge in [-0.25, -0.2) is 5.48 Å². The maximum Gasteiger partial charge on any atom is 0.287 e. The van der Waals surface area contributed by atoms with Crippen molar-refractivity contribution < 1.29 is 12.7 Å². The predicted octanol–water partition coefficient (Wildman–Crippen LogP) is 2.99. The Balaban J connectivity index is 2.31. The first-order chi connectivity index (χ1) is 11.0. The Morgan fingerprint density at radius 2 is 2.09 bits per heavy atom. The normalized spacial score (nSPS) is 16.0. The van der Waals surface area contributed by atoms with Gasteiger partial charge in [-0.2, -0.15) is 18.0 Å². The van der Waals surface area contributed by atoms with Crippen molar-refractivity contribution in [1.82, 2.24) is 5.48 Å². The molecule has 1 aromatic rings. The summed E-state index contributed by atoms with van der Waals surface area (Å²) >= 11 is 0. The van der Waals surface area contributed by atoms with E-state index in [-0.39, 0.29) is 5.75 Å². The van der Waals surface area contributed by atoms with Gasteiger partial charge in [-0.15, -0.1) is 0 Å². The molecule has 23 heavy (non-hydrogen) atoms. The van der Waals surface area contributed by atoms with Crippen molar-refractivity contribution in [2.75, 3.05) is 5.75 Å². The van der Waals surface area contributed by atoms with E-state index in [1.807, 2.05) is 31.2 Å². The standard InChI is InChI=1S/C17H18N2O3S/c1-3-11-23(20,21)22-19-17-10-6-9-15(17)16(12-18)14-8-5-4-7-13(14)2/h4-10,19H,3,11H2,1-2H3/b16-15+. The molecule has 0 radical (unpaired) electrons. The van der Waals surface area contributed by atoms with E-state index in [4.69, 9.17) is 4.28 Å². The molecule has 1 aliphatic carbocycles. The zero-order chi connectivity index (χ0) is 16.9. The van der Waals surface area contributed by atoms with Gasteiger partial charge < -0.3 is 0 Å². The molecule has 0 spiro atoms. The highest BCUT2D eigenvalue weighted by Gasteiger charge is 2.18. The van der Waals surface area contributed by atoms with Gasteiger partial charge in [-0.3, -0.25) is 0 Å². The zero-order valence-electron chi connectivity index (χ0n) is 13.0. The van der Waals surface area contributed by atoms with Crippen LogP contribution in [0.3, 0.4) is 0 Å². The molecule has 0 fully saturated rings. The third-order valence-electron chi connectivity index (χ3n) is 3.34. The minimum Gasteiger partial charge on any atom is -0.249 e. The smallest absolute Gasteiger partial charge is 0.249 e. The fourth-order valence-electron chi connectivity index (χ4n) is 2.25. The molecular weight excluding hydrogens is 312 g/mol. The SMILES string of the molecule is CCCS(=O)(=O)ONC1=CC=C/C1=C(/C#N)c1ccccc1C. The maximum absolute atomic E-state index is 11.6. The molecule has 0 amide bonds. The van der Waals surface area contributed by atoms with Crippen molar-refractivity contribution >= 4 is 15.7 Å². The second kappa shape index (κ2) is 7.27. The van der Waals surface area contributed by atoms with Crippen molar-refractivity contribution in [2.45, 2.75) is 20.3 Å². The van der Waals surface area contributed by atoms with Crippen molar-refractivity contribution in [1.29, 1.82) is 5.26 Å². The molecule has 6 heteroatoms. The van der Waals surface area contributed by atoms with Crippen LogP contribution in [0.4, 0.5) is 0 Å². The number of nitrogens with one attached hydrogen (secondary N) is 1. The highest BCUT2D eigenvalue weighted by Crippen LogP contribution is 2.28. The average Bonchev–Trinajstić information content (AvgIpc) is 2.96. The van der Waals surface area contributed by atoms with E-state index >= 15 is 0 Å². The lowest BCUT2D eigenvalue weighted by Gasteiger charge is -2.12.